The van der Waals surface area contributed by atoms with E-state index in [9.17, 15) is 4.79 Å². The molecule has 0 fully saturated rings. The number of oxime groups is 1. The molecule has 0 saturated carbocycles. The van der Waals surface area contributed by atoms with Crippen LogP contribution in [0.4, 0.5) is 0 Å². The Morgan fingerprint density at radius 2 is 2.00 bits per heavy atom. The van der Waals surface area contributed by atoms with E-state index < -0.39 is 18.2 Å². The number of nitrogens with zero attached hydrogens (tertiary/aromatic N) is 1. The Hall–Kier alpha value is -1.10. The second-order valence-corrected chi connectivity index (χ2v) is 2.64. The summed E-state index contributed by atoms with van der Waals surface area (Å²) in [5.41, 5.74) is 0.599. The Labute approximate surface area is 70.6 Å². The van der Waals surface area contributed by atoms with Gasteiger partial charge in [0.15, 0.2) is 0 Å². The van der Waals surface area contributed by atoms with Crippen LogP contribution in [0, 0.1) is 0 Å². The van der Waals surface area contributed by atoms with Crippen LogP contribution in [0.1, 0.15) is 20.8 Å². The molecule has 0 aliphatic rings. The van der Waals surface area contributed by atoms with Crippen molar-refractivity contribution in [2.75, 3.05) is 0 Å². The number of hydrogen-bond acceptors (Lipinski definition) is 4. The van der Waals surface area contributed by atoms with E-state index in [1.54, 1.807) is 13.8 Å². The molecule has 0 rings (SSSR count). The molecule has 70 valence electrons. The van der Waals surface area contributed by atoms with Crippen molar-refractivity contribution >= 4 is 11.7 Å². The summed E-state index contributed by atoms with van der Waals surface area (Å²) >= 11 is 0. The molecule has 0 aliphatic carbocycles. The van der Waals surface area contributed by atoms with Gasteiger partial charge >= 0.3 is 5.97 Å². The predicted octanol–water partition coefficient (Wildman–Crippen LogP) is 0.233. The Balaban J connectivity index is 4.15. The highest BCUT2D eigenvalue weighted by Gasteiger charge is 2.24. The second kappa shape index (κ2) is 4.71. The molecule has 5 nitrogen and oxygen atoms in total. The molecular weight excluding hydrogens is 162 g/mol. The maximum atomic E-state index is 10.4. The molecule has 0 bridgehead atoms. The highest BCUT2D eigenvalue weighted by atomic mass is 16.7. The zero-order valence-electron chi connectivity index (χ0n) is 7.31. The summed E-state index contributed by atoms with van der Waals surface area (Å²) in [5.74, 6) is -1.23. The van der Waals surface area contributed by atoms with Crippen molar-refractivity contribution in [2.45, 2.75) is 33.0 Å². The number of hydrogen-bond donors (Lipinski definition) is 2. The average molecular weight is 175 g/mol. The monoisotopic (exact) mass is 175 g/mol. The van der Waals surface area contributed by atoms with Crippen LogP contribution in [0.5, 0.6) is 0 Å². The van der Waals surface area contributed by atoms with Crippen molar-refractivity contribution in [3.63, 3.8) is 0 Å². The number of carboxylic acids is 1. The molecular formula is C7H13NO4. The minimum atomic E-state index is -1.29. The van der Waals surface area contributed by atoms with Gasteiger partial charge in [0.25, 0.3) is 0 Å². The Bertz CT molecular complexity index is 184. The zero-order valence-corrected chi connectivity index (χ0v) is 7.31. The quantitative estimate of drug-likeness (QED) is 0.473. The van der Waals surface area contributed by atoms with Gasteiger partial charge in [-0.1, -0.05) is 5.16 Å². The first-order chi connectivity index (χ1) is 5.45. The summed E-state index contributed by atoms with van der Waals surface area (Å²) in [6.45, 7) is 4.67. The maximum absolute atomic E-state index is 10.4. The van der Waals surface area contributed by atoms with Crippen molar-refractivity contribution in [1.29, 1.82) is 0 Å². The van der Waals surface area contributed by atoms with E-state index in [1.165, 1.54) is 6.92 Å². The fraction of sp³-hybridized carbons (Fsp3) is 0.714. The summed E-state index contributed by atoms with van der Waals surface area (Å²) in [6, 6.07) is 0. The number of carboxylic acid groups (broad SMARTS) is 1. The lowest BCUT2D eigenvalue weighted by Crippen LogP contribution is -2.33. The molecule has 0 saturated heterocycles. The number of rotatable bonds is 4. The third kappa shape index (κ3) is 3.92. The minimum absolute atomic E-state index is 0.599. The van der Waals surface area contributed by atoms with Crippen LogP contribution in [0.2, 0.25) is 0 Å². The summed E-state index contributed by atoms with van der Waals surface area (Å²) < 4.78 is 0. The summed E-state index contributed by atoms with van der Waals surface area (Å²) in [6.07, 6.45) is -2.37. The highest BCUT2D eigenvalue weighted by Crippen LogP contribution is 2.00. The van der Waals surface area contributed by atoms with Crippen molar-refractivity contribution in [1.82, 2.24) is 0 Å². The molecule has 0 heterocycles. The number of carbonyl (C=O) groups is 1. The van der Waals surface area contributed by atoms with Gasteiger partial charge in [0, 0.05) is 0 Å². The third-order valence-electron chi connectivity index (χ3n) is 1.03. The van der Waals surface area contributed by atoms with E-state index in [1.807, 2.05) is 0 Å². The van der Waals surface area contributed by atoms with Gasteiger partial charge in [-0.25, -0.2) is 4.79 Å². The van der Waals surface area contributed by atoms with Crippen molar-refractivity contribution in [3.05, 3.63) is 0 Å². The average Bonchev–Trinajstić information content (AvgIpc) is 1.84. The molecule has 12 heavy (non-hydrogen) atoms. The van der Waals surface area contributed by atoms with Gasteiger partial charge in [-0.05, 0) is 20.8 Å². The molecule has 2 N–H and O–H groups in total. The number of aliphatic hydroxyl groups excluding tert-OH is 1. The zero-order chi connectivity index (χ0) is 9.72. The second-order valence-electron chi connectivity index (χ2n) is 2.64. The van der Waals surface area contributed by atoms with E-state index in [0.717, 1.165) is 0 Å². The van der Waals surface area contributed by atoms with Crippen LogP contribution >= 0.6 is 0 Å². The minimum Gasteiger partial charge on any atom is -0.478 e. The SMILES string of the molecule is CC(C)=NOC(C(=O)O)C(C)O. The Morgan fingerprint density at radius 1 is 1.50 bits per heavy atom. The standard InChI is InChI=1S/C7H13NO4/c1-4(2)8-12-6(5(3)9)7(10)11/h5-6,9H,1-3H3,(H,10,11). The number of aliphatic hydroxyl groups is 1. The van der Waals surface area contributed by atoms with Gasteiger partial charge in [-0.2, -0.15) is 0 Å². The van der Waals surface area contributed by atoms with Crippen LogP contribution < -0.4 is 0 Å². The molecule has 0 aromatic heterocycles. The van der Waals surface area contributed by atoms with Crippen molar-refractivity contribution in [2.24, 2.45) is 5.16 Å². The van der Waals surface area contributed by atoms with E-state index >= 15 is 0 Å². The first-order valence-electron chi connectivity index (χ1n) is 3.53. The molecule has 0 spiro atoms. The van der Waals surface area contributed by atoms with Gasteiger partial charge < -0.3 is 15.1 Å². The van der Waals surface area contributed by atoms with Crippen molar-refractivity contribution in [3.8, 4) is 0 Å². The van der Waals surface area contributed by atoms with Gasteiger partial charge in [0.2, 0.25) is 6.10 Å². The van der Waals surface area contributed by atoms with E-state index in [-0.39, 0.29) is 0 Å². The Morgan fingerprint density at radius 3 is 2.25 bits per heavy atom. The predicted molar refractivity (Wildman–Crippen MR) is 43.0 cm³/mol. The lowest BCUT2D eigenvalue weighted by atomic mass is 10.2. The van der Waals surface area contributed by atoms with Gasteiger partial charge in [-0.3, -0.25) is 0 Å². The topological polar surface area (TPSA) is 79.1 Å². The lowest BCUT2D eigenvalue weighted by Gasteiger charge is -2.12. The summed E-state index contributed by atoms with van der Waals surface area (Å²) in [5, 5.41) is 20.9. The smallest absolute Gasteiger partial charge is 0.350 e. The Kier molecular flexibility index (Phi) is 4.28. The fourth-order valence-corrected chi connectivity index (χ4v) is 0.502. The van der Waals surface area contributed by atoms with Crippen LogP contribution in [0.25, 0.3) is 0 Å². The van der Waals surface area contributed by atoms with Crippen LogP contribution in [-0.2, 0) is 9.63 Å². The first-order valence-corrected chi connectivity index (χ1v) is 3.53. The molecule has 0 amide bonds. The summed E-state index contributed by atoms with van der Waals surface area (Å²) in [4.78, 5) is 15.0. The molecule has 0 radical (unpaired) electrons. The van der Waals surface area contributed by atoms with Gasteiger partial charge in [0.1, 0.15) is 6.10 Å². The largest absolute Gasteiger partial charge is 0.478 e. The van der Waals surface area contributed by atoms with Gasteiger partial charge in [-0.15, -0.1) is 0 Å². The third-order valence-corrected chi connectivity index (χ3v) is 1.03. The molecule has 5 heteroatoms. The summed E-state index contributed by atoms with van der Waals surface area (Å²) in [7, 11) is 0. The lowest BCUT2D eigenvalue weighted by molar-refractivity contribution is -0.157. The van der Waals surface area contributed by atoms with Crippen molar-refractivity contribution < 1.29 is 19.8 Å². The maximum Gasteiger partial charge on any atom is 0.350 e. The van der Waals surface area contributed by atoms with E-state index in [0.29, 0.717) is 5.71 Å². The number of aliphatic carboxylic acids is 1. The van der Waals surface area contributed by atoms with Gasteiger partial charge in [0.05, 0.1) is 5.71 Å². The molecule has 0 aromatic carbocycles. The molecule has 2 unspecified atom stereocenters. The molecule has 0 aliphatic heterocycles. The van der Waals surface area contributed by atoms with Crippen LogP contribution in [-0.4, -0.2) is 34.1 Å². The van der Waals surface area contributed by atoms with Crippen LogP contribution in [0.3, 0.4) is 0 Å². The fourth-order valence-electron chi connectivity index (χ4n) is 0.502. The highest BCUT2D eigenvalue weighted by molar-refractivity contribution is 5.78. The molecule has 0 aromatic rings. The first kappa shape index (κ1) is 10.9. The molecule has 2 atom stereocenters. The normalized spacial score (nSPS) is 14.7. The van der Waals surface area contributed by atoms with E-state index in [4.69, 9.17) is 10.2 Å². The van der Waals surface area contributed by atoms with E-state index in [2.05, 4.69) is 9.99 Å². The van der Waals surface area contributed by atoms with Crippen LogP contribution in [0.15, 0.2) is 5.16 Å².